The fourth-order valence-corrected chi connectivity index (χ4v) is 3.22. The van der Waals surface area contributed by atoms with Gasteiger partial charge in [0, 0.05) is 36.1 Å². The van der Waals surface area contributed by atoms with E-state index in [4.69, 9.17) is 4.74 Å². The van der Waals surface area contributed by atoms with Gasteiger partial charge in [-0.05, 0) is 55.7 Å². The van der Waals surface area contributed by atoms with E-state index in [1.54, 1.807) is 12.1 Å². The summed E-state index contributed by atoms with van der Waals surface area (Å²) >= 11 is 0. The molecule has 0 bridgehead atoms. The average Bonchev–Trinajstić information content (AvgIpc) is 3.28. The van der Waals surface area contributed by atoms with Crippen molar-refractivity contribution in [3.63, 3.8) is 0 Å². The molecular weight excluding hydrogens is 366 g/mol. The summed E-state index contributed by atoms with van der Waals surface area (Å²) in [5.74, 6) is 0.684. The minimum atomic E-state index is -0.145. The van der Waals surface area contributed by atoms with Crippen molar-refractivity contribution >= 4 is 23.2 Å². The van der Waals surface area contributed by atoms with E-state index in [2.05, 4.69) is 17.6 Å². The van der Waals surface area contributed by atoms with E-state index in [9.17, 15) is 9.59 Å². The Balaban J connectivity index is 1.46. The summed E-state index contributed by atoms with van der Waals surface area (Å²) in [6.07, 6.45) is 4.24. The maximum Gasteiger partial charge on any atom is 0.253 e. The van der Waals surface area contributed by atoms with Crippen molar-refractivity contribution in [2.75, 3.05) is 36.9 Å². The zero-order valence-corrected chi connectivity index (χ0v) is 16.9. The van der Waals surface area contributed by atoms with Crippen molar-refractivity contribution < 1.29 is 14.3 Å². The molecule has 29 heavy (non-hydrogen) atoms. The normalized spacial score (nSPS) is 13.2. The van der Waals surface area contributed by atoms with Crippen molar-refractivity contribution in [1.29, 1.82) is 0 Å². The molecule has 2 aromatic rings. The number of carbonyl (C=O) groups excluding carboxylic acids is 2. The minimum absolute atomic E-state index is 0.0767. The van der Waals surface area contributed by atoms with Gasteiger partial charge in [0.15, 0.2) is 0 Å². The Kier molecular flexibility index (Phi) is 7.50. The lowest BCUT2D eigenvalue weighted by molar-refractivity contribution is -0.114. The number of unbranched alkanes of at least 4 members (excludes halogenated alkanes) is 1. The molecule has 1 aliphatic rings. The van der Waals surface area contributed by atoms with Crippen LogP contribution >= 0.6 is 0 Å². The summed E-state index contributed by atoms with van der Waals surface area (Å²) in [6, 6.07) is 14.7. The molecular formula is C23H29N3O3. The summed E-state index contributed by atoms with van der Waals surface area (Å²) in [6.45, 7) is 4.60. The molecule has 2 aromatic carbocycles. The average molecular weight is 396 g/mol. The number of hydrogen-bond acceptors (Lipinski definition) is 4. The molecule has 1 fully saturated rings. The van der Waals surface area contributed by atoms with E-state index in [1.165, 1.54) is 0 Å². The number of benzene rings is 2. The van der Waals surface area contributed by atoms with E-state index < -0.39 is 0 Å². The van der Waals surface area contributed by atoms with Gasteiger partial charge in [0.2, 0.25) is 5.91 Å². The number of carbonyl (C=O) groups is 2. The quantitative estimate of drug-likeness (QED) is 0.626. The van der Waals surface area contributed by atoms with Crippen LogP contribution in [-0.4, -0.2) is 43.0 Å². The van der Waals surface area contributed by atoms with Crippen molar-refractivity contribution in [2.24, 2.45) is 0 Å². The third-order valence-electron chi connectivity index (χ3n) is 4.86. The summed E-state index contributed by atoms with van der Waals surface area (Å²) in [4.78, 5) is 26.5. The van der Waals surface area contributed by atoms with Crippen LogP contribution in [0.5, 0.6) is 5.75 Å². The first-order valence-electron chi connectivity index (χ1n) is 10.3. The van der Waals surface area contributed by atoms with Crippen molar-refractivity contribution in [3.8, 4) is 5.75 Å². The summed E-state index contributed by atoms with van der Waals surface area (Å²) < 4.78 is 5.67. The number of anilines is 2. The lowest BCUT2D eigenvalue weighted by Gasteiger charge is -2.15. The Bertz CT molecular complexity index is 814. The van der Waals surface area contributed by atoms with E-state index in [0.29, 0.717) is 17.9 Å². The van der Waals surface area contributed by atoms with Crippen LogP contribution in [0.2, 0.25) is 0 Å². The monoisotopic (exact) mass is 395 g/mol. The SMILES string of the molecule is CCCCOc1cccc(NC(=O)CNc2ccc(C(=O)N3CCCC3)cc2)c1. The van der Waals surface area contributed by atoms with Crippen LogP contribution in [0.25, 0.3) is 0 Å². The molecule has 0 saturated carbocycles. The molecule has 3 rings (SSSR count). The van der Waals surface area contributed by atoms with Crippen LogP contribution in [-0.2, 0) is 4.79 Å². The van der Waals surface area contributed by atoms with Crippen LogP contribution in [0, 0.1) is 0 Å². The van der Waals surface area contributed by atoms with Gasteiger partial charge in [0.1, 0.15) is 5.75 Å². The maximum absolute atomic E-state index is 12.4. The van der Waals surface area contributed by atoms with Crippen LogP contribution in [0.15, 0.2) is 48.5 Å². The number of ether oxygens (including phenoxy) is 1. The number of hydrogen-bond donors (Lipinski definition) is 2. The number of nitrogens with one attached hydrogen (secondary N) is 2. The number of likely N-dealkylation sites (tertiary alicyclic amines) is 1. The maximum atomic E-state index is 12.4. The smallest absolute Gasteiger partial charge is 0.253 e. The van der Waals surface area contributed by atoms with Gasteiger partial charge in [-0.1, -0.05) is 19.4 Å². The molecule has 2 N–H and O–H groups in total. The summed E-state index contributed by atoms with van der Waals surface area (Å²) in [5, 5.41) is 5.96. The number of nitrogens with zero attached hydrogens (tertiary/aromatic N) is 1. The first kappa shape index (κ1) is 20.7. The molecule has 2 amide bonds. The molecule has 0 aliphatic carbocycles. The Labute approximate surface area is 172 Å². The van der Waals surface area contributed by atoms with Gasteiger partial charge >= 0.3 is 0 Å². The third kappa shape index (κ3) is 6.24. The molecule has 1 aliphatic heterocycles. The molecule has 0 spiro atoms. The van der Waals surface area contributed by atoms with E-state index in [-0.39, 0.29) is 18.4 Å². The minimum Gasteiger partial charge on any atom is -0.494 e. The summed E-state index contributed by atoms with van der Waals surface area (Å²) in [5.41, 5.74) is 2.19. The highest BCUT2D eigenvalue weighted by molar-refractivity contribution is 5.95. The fraction of sp³-hybridized carbons (Fsp3) is 0.391. The first-order chi connectivity index (χ1) is 14.2. The van der Waals surface area contributed by atoms with E-state index in [1.807, 2.05) is 41.3 Å². The zero-order valence-electron chi connectivity index (χ0n) is 16.9. The molecule has 0 atom stereocenters. The van der Waals surface area contributed by atoms with Crippen LogP contribution < -0.4 is 15.4 Å². The Hall–Kier alpha value is -3.02. The molecule has 0 unspecified atom stereocenters. The number of amides is 2. The van der Waals surface area contributed by atoms with Crippen molar-refractivity contribution in [2.45, 2.75) is 32.6 Å². The largest absolute Gasteiger partial charge is 0.494 e. The molecule has 0 radical (unpaired) electrons. The second kappa shape index (κ2) is 10.5. The lowest BCUT2D eigenvalue weighted by Crippen LogP contribution is -2.27. The fourth-order valence-electron chi connectivity index (χ4n) is 3.22. The predicted octanol–water partition coefficient (Wildman–Crippen LogP) is 4.15. The standard InChI is InChI=1S/C23H29N3O3/c1-2-3-15-29-21-8-6-7-20(16-21)25-22(27)17-24-19-11-9-18(10-12-19)23(28)26-13-4-5-14-26/h6-12,16,24H,2-5,13-15,17H2,1H3,(H,25,27). The third-order valence-corrected chi connectivity index (χ3v) is 4.86. The Morgan fingerprint density at radius 3 is 2.52 bits per heavy atom. The van der Waals surface area contributed by atoms with Crippen LogP contribution in [0.1, 0.15) is 43.0 Å². The van der Waals surface area contributed by atoms with Crippen LogP contribution in [0.4, 0.5) is 11.4 Å². The topological polar surface area (TPSA) is 70.7 Å². The van der Waals surface area contributed by atoms with Gasteiger partial charge in [-0.25, -0.2) is 0 Å². The van der Waals surface area contributed by atoms with Gasteiger partial charge in [-0.15, -0.1) is 0 Å². The van der Waals surface area contributed by atoms with Gasteiger partial charge in [-0.3, -0.25) is 9.59 Å². The molecule has 6 heteroatoms. The highest BCUT2D eigenvalue weighted by atomic mass is 16.5. The van der Waals surface area contributed by atoms with E-state index in [0.717, 1.165) is 50.2 Å². The summed E-state index contributed by atoms with van der Waals surface area (Å²) in [7, 11) is 0. The first-order valence-corrected chi connectivity index (χ1v) is 10.3. The molecule has 0 aromatic heterocycles. The Morgan fingerprint density at radius 1 is 1.03 bits per heavy atom. The lowest BCUT2D eigenvalue weighted by atomic mass is 10.2. The van der Waals surface area contributed by atoms with E-state index >= 15 is 0 Å². The highest BCUT2D eigenvalue weighted by Crippen LogP contribution is 2.18. The molecule has 1 saturated heterocycles. The zero-order chi connectivity index (χ0) is 20.5. The molecule has 154 valence electrons. The highest BCUT2D eigenvalue weighted by Gasteiger charge is 2.19. The molecule has 6 nitrogen and oxygen atoms in total. The Morgan fingerprint density at radius 2 is 1.79 bits per heavy atom. The van der Waals surface area contributed by atoms with Gasteiger partial charge in [0.25, 0.3) is 5.91 Å². The second-order valence-corrected chi connectivity index (χ2v) is 7.21. The van der Waals surface area contributed by atoms with Crippen LogP contribution in [0.3, 0.4) is 0 Å². The van der Waals surface area contributed by atoms with Gasteiger partial charge in [-0.2, -0.15) is 0 Å². The van der Waals surface area contributed by atoms with Gasteiger partial charge < -0.3 is 20.3 Å². The van der Waals surface area contributed by atoms with Gasteiger partial charge in [0.05, 0.1) is 13.2 Å². The predicted molar refractivity (Wildman–Crippen MR) is 116 cm³/mol. The molecule has 1 heterocycles. The van der Waals surface area contributed by atoms with Crippen molar-refractivity contribution in [1.82, 2.24) is 4.90 Å². The van der Waals surface area contributed by atoms with Crippen molar-refractivity contribution in [3.05, 3.63) is 54.1 Å². The number of rotatable bonds is 9. The second-order valence-electron chi connectivity index (χ2n) is 7.21.